The Labute approximate surface area is 115 Å². The van der Waals surface area contributed by atoms with Crippen molar-refractivity contribution in [2.75, 3.05) is 19.6 Å². The van der Waals surface area contributed by atoms with E-state index in [4.69, 9.17) is 5.73 Å². The van der Waals surface area contributed by atoms with Crippen LogP contribution in [0.25, 0.3) is 0 Å². The van der Waals surface area contributed by atoms with Crippen molar-refractivity contribution in [3.63, 3.8) is 0 Å². The zero-order valence-electron chi connectivity index (χ0n) is 11.1. The Morgan fingerprint density at radius 3 is 2.28 bits per heavy atom. The Morgan fingerprint density at radius 1 is 1.22 bits per heavy atom. The fourth-order valence-electron chi connectivity index (χ4n) is 1.82. The van der Waals surface area contributed by atoms with E-state index in [1.165, 1.54) is 6.42 Å². The van der Waals surface area contributed by atoms with E-state index in [-0.39, 0.29) is 42.7 Å². The topological polar surface area (TPSA) is 75.4 Å². The summed E-state index contributed by atoms with van der Waals surface area (Å²) in [7, 11) is 0. The fraction of sp³-hybridized carbons (Fsp3) is 0.833. The minimum absolute atomic E-state index is 0. The van der Waals surface area contributed by atoms with Gasteiger partial charge in [0.05, 0.1) is 6.54 Å². The molecule has 0 aromatic heterocycles. The maximum atomic E-state index is 11.8. The number of hydrogen-bond acceptors (Lipinski definition) is 3. The van der Waals surface area contributed by atoms with E-state index < -0.39 is 0 Å². The average molecular weight is 278 g/mol. The Hall–Kier alpha value is -0.810. The van der Waals surface area contributed by atoms with Crippen LogP contribution in [0.4, 0.5) is 0 Å². The molecule has 1 aliphatic rings. The molecule has 1 aliphatic heterocycles. The lowest BCUT2D eigenvalue weighted by Crippen LogP contribution is -2.45. The van der Waals surface area contributed by atoms with Crippen molar-refractivity contribution in [1.82, 2.24) is 10.2 Å². The molecule has 2 atom stereocenters. The highest BCUT2D eigenvalue weighted by Gasteiger charge is 2.20. The van der Waals surface area contributed by atoms with Gasteiger partial charge in [0.15, 0.2) is 0 Å². The van der Waals surface area contributed by atoms with Gasteiger partial charge in [-0.15, -0.1) is 12.4 Å². The molecule has 106 valence electrons. The lowest BCUT2D eigenvalue weighted by atomic mass is 10.0. The van der Waals surface area contributed by atoms with E-state index in [9.17, 15) is 9.59 Å². The molecule has 1 heterocycles. The molecule has 3 N–H and O–H groups in total. The summed E-state index contributed by atoms with van der Waals surface area (Å²) in [6, 6.07) is -0.194. The van der Waals surface area contributed by atoms with Gasteiger partial charge in [-0.05, 0) is 26.2 Å². The first kappa shape index (κ1) is 17.2. The Bertz CT molecular complexity index is 278. The molecule has 0 radical (unpaired) electrons. The number of likely N-dealkylation sites (tertiary alicyclic amines) is 1. The van der Waals surface area contributed by atoms with Crippen LogP contribution < -0.4 is 11.1 Å². The van der Waals surface area contributed by atoms with Crippen LogP contribution in [0.2, 0.25) is 0 Å². The van der Waals surface area contributed by atoms with E-state index in [1.807, 2.05) is 4.90 Å². The quantitative estimate of drug-likeness (QED) is 0.787. The lowest BCUT2D eigenvalue weighted by Gasteiger charge is -2.27. The van der Waals surface area contributed by atoms with Crippen LogP contribution in [0, 0.1) is 5.92 Å². The first-order chi connectivity index (χ1) is 8.02. The molecule has 18 heavy (non-hydrogen) atoms. The van der Waals surface area contributed by atoms with E-state index >= 15 is 0 Å². The van der Waals surface area contributed by atoms with Crippen molar-refractivity contribution in [2.45, 2.75) is 39.2 Å². The number of hydrogen-bond donors (Lipinski definition) is 2. The molecule has 2 unspecified atom stereocenters. The predicted octanol–water partition coefficient (Wildman–Crippen LogP) is 0.520. The van der Waals surface area contributed by atoms with E-state index in [1.54, 1.807) is 13.8 Å². The summed E-state index contributed by atoms with van der Waals surface area (Å²) in [5.74, 6) is -0.399. The highest BCUT2D eigenvalue weighted by Crippen LogP contribution is 2.08. The van der Waals surface area contributed by atoms with Crippen LogP contribution in [-0.2, 0) is 9.59 Å². The molecule has 0 bridgehead atoms. The molecule has 0 saturated carbocycles. The second-order valence-corrected chi connectivity index (χ2v) is 4.81. The van der Waals surface area contributed by atoms with Crippen LogP contribution in [-0.4, -0.2) is 42.4 Å². The molecular formula is C12H24ClN3O2. The normalized spacial score (nSPS) is 18.5. The fourth-order valence-corrected chi connectivity index (χ4v) is 1.82. The number of amides is 2. The molecule has 5 nitrogen and oxygen atoms in total. The molecule has 6 heteroatoms. The second kappa shape index (κ2) is 8.32. The second-order valence-electron chi connectivity index (χ2n) is 4.81. The van der Waals surface area contributed by atoms with E-state index in [0.717, 1.165) is 25.9 Å². The zero-order valence-corrected chi connectivity index (χ0v) is 12.0. The monoisotopic (exact) mass is 277 g/mol. The molecule has 0 spiro atoms. The predicted molar refractivity (Wildman–Crippen MR) is 73.5 cm³/mol. The minimum Gasteiger partial charge on any atom is -0.347 e. The lowest BCUT2D eigenvalue weighted by molar-refractivity contribution is -0.134. The van der Waals surface area contributed by atoms with Crippen molar-refractivity contribution in [3.8, 4) is 0 Å². The van der Waals surface area contributed by atoms with E-state index in [2.05, 4.69) is 5.32 Å². The van der Waals surface area contributed by atoms with Gasteiger partial charge in [-0.1, -0.05) is 6.92 Å². The van der Waals surface area contributed by atoms with Gasteiger partial charge in [0.1, 0.15) is 0 Å². The first-order valence-corrected chi connectivity index (χ1v) is 6.33. The van der Waals surface area contributed by atoms with Crippen molar-refractivity contribution in [2.24, 2.45) is 11.7 Å². The number of nitrogens with two attached hydrogens (primary N) is 1. The van der Waals surface area contributed by atoms with Crippen molar-refractivity contribution >= 4 is 24.2 Å². The Kier molecular flexibility index (Phi) is 7.95. The third-order valence-electron chi connectivity index (χ3n) is 3.32. The average Bonchev–Trinajstić information content (AvgIpc) is 2.35. The Morgan fingerprint density at radius 2 is 1.78 bits per heavy atom. The number of carbonyl (C=O) groups is 2. The standard InChI is InChI=1S/C12H23N3O2.ClH/c1-9(10(2)13)12(17)14-8-11(16)15-6-4-3-5-7-15;/h9-10H,3-8,13H2,1-2H3,(H,14,17);1H. The number of carbonyl (C=O) groups excluding carboxylic acids is 2. The Balaban J connectivity index is 0.00000289. The summed E-state index contributed by atoms with van der Waals surface area (Å²) < 4.78 is 0. The molecule has 1 fully saturated rings. The molecule has 2 amide bonds. The van der Waals surface area contributed by atoms with Crippen molar-refractivity contribution in [3.05, 3.63) is 0 Å². The van der Waals surface area contributed by atoms with Gasteiger partial charge in [-0.3, -0.25) is 9.59 Å². The summed E-state index contributed by atoms with van der Waals surface area (Å²) in [6.45, 7) is 5.28. The van der Waals surface area contributed by atoms with Gasteiger partial charge in [0, 0.05) is 25.0 Å². The molecule has 1 rings (SSSR count). The van der Waals surface area contributed by atoms with Gasteiger partial charge < -0.3 is 16.0 Å². The van der Waals surface area contributed by atoms with Crippen LogP contribution in [0.15, 0.2) is 0 Å². The van der Waals surface area contributed by atoms with E-state index in [0.29, 0.717) is 0 Å². The zero-order chi connectivity index (χ0) is 12.8. The number of rotatable bonds is 4. The summed E-state index contributed by atoms with van der Waals surface area (Å²) in [4.78, 5) is 25.2. The molecule has 0 aromatic rings. The van der Waals surface area contributed by atoms with Crippen LogP contribution in [0.1, 0.15) is 33.1 Å². The van der Waals surface area contributed by atoms with Crippen molar-refractivity contribution in [1.29, 1.82) is 0 Å². The highest BCUT2D eigenvalue weighted by molar-refractivity contribution is 5.86. The maximum Gasteiger partial charge on any atom is 0.241 e. The number of halogens is 1. The van der Waals surface area contributed by atoms with Crippen LogP contribution in [0.3, 0.4) is 0 Å². The number of nitrogens with zero attached hydrogens (tertiary/aromatic N) is 1. The van der Waals surface area contributed by atoms with Gasteiger partial charge in [0.25, 0.3) is 0 Å². The van der Waals surface area contributed by atoms with Gasteiger partial charge >= 0.3 is 0 Å². The summed E-state index contributed by atoms with van der Waals surface area (Å²) in [5, 5.41) is 2.65. The van der Waals surface area contributed by atoms with Crippen molar-refractivity contribution < 1.29 is 9.59 Å². The molecule has 0 aliphatic carbocycles. The van der Waals surface area contributed by atoms with Gasteiger partial charge in [-0.2, -0.15) is 0 Å². The van der Waals surface area contributed by atoms with Gasteiger partial charge in [0.2, 0.25) is 11.8 Å². The number of nitrogens with one attached hydrogen (secondary N) is 1. The maximum absolute atomic E-state index is 11.8. The molecule has 0 aromatic carbocycles. The van der Waals surface area contributed by atoms with Crippen LogP contribution in [0.5, 0.6) is 0 Å². The summed E-state index contributed by atoms with van der Waals surface area (Å²) >= 11 is 0. The SMILES string of the molecule is CC(N)C(C)C(=O)NCC(=O)N1CCCCC1.Cl. The third-order valence-corrected chi connectivity index (χ3v) is 3.32. The minimum atomic E-state index is -0.260. The van der Waals surface area contributed by atoms with Crippen LogP contribution >= 0.6 is 12.4 Å². The van der Waals surface area contributed by atoms with Gasteiger partial charge in [-0.25, -0.2) is 0 Å². The summed E-state index contributed by atoms with van der Waals surface area (Å²) in [5.41, 5.74) is 5.63. The molecule has 1 saturated heterocycles. The third kappa shape index (κ3) is 5.23. The highest BCUT2D eigenvalue weighted by atomic mass is 35.5. The first-order valence-electron chi connectivity index (χ1n) is 6.33. The summed E-state index contributed by atoms with van der Waals surface area (Å²) in [6.07, 6.45) is 3.32. The number of piperidine rings is 1. The molecular weight excluding hydrogens is 254 g/mol. The largest absolute Gasteiger partial charge is 0.347 e. The smallest absolute Gasteiger partial charge is 0.241 e.